The summed E-state index contributed by atoms with van der Waals surface area (Å²) in [5, 5.41) is 13.1. The molecule has 0 aliphatic carbocycles. The van der Waals surface area contributed by atoms with Gasteiger partial charge in [0.25, 0.3) is 0 Å². The van der Waals surface area contributed by atoms with Gasteiger partial charge in [-0.1, -0.05) is 133 Å². The van der Waals surface area contributed by atoms with Gasteiger partial charge in [0.2, 0.25) is 0 Å². The number of fused-ring (bicyclic) bond motifs is 7. The van der Waals surface area contributed by atoms with Gasteiger partial charge in [-0.3, -0.25) is 0 Å². The van der Waals surface area contributed by atoms with Crippen molar-refractivity contribution in [3.63, 3.8) is 0 Å². The lowest BCUT2D eigenvalue weighted by atomic mass is 9.93. The molecule has 1 aliphatic rings. The Bertz CT molecular complexity index is 2810. The monoisotopic (exact) mass is 627 g/mol. The van der Waals surface area contributed by atoms with Crippen LogP contribution < -0.4 is 5.32 Å². The maximum absolute atomic E-state index is 6.60. The lowest BCUT2D eigenvalue weighted by Gasteiger charge is -2.24. The molecule has 0 bridgehead atoms. The van der Waals surface area contributed by atoms with Crippen molar-refractivity contribution >= 4 is 65.9 Å². The number of nitrogens with one attached hydrogen (secondary N) is 1. The highest BCUT2D eigenvalue weighted by Crippen LogP contribution is 2.39. The SMILES string of the molecule is c1ccc(C2N=C(c3ccc4ccccc4c3)N=C(c3cccc4oc5cc(-c6cc7ccccc7c7ccccc67)ccc5c34)N2)cc1. The fourth-order valence-electron chi connectivity index (χ4n) is 7.33. The molecule has 10 rings (SSSR count). The molecular weight excluding hydrogens is 599 g/mol. The van der Waals surface area contributed by atoms with Crippen molar-refractivity contribution in [2.45, 2.75) is 6.17 Å². The van der Waals surface area contributed by atoms with Gasteiger partial charge in [0, 0.05) is 21.9 Å². The fourth-order valence-corrected chi connectivity index (χ4v) is 7.33. The summed E-state index contributed by atoms with van der Waals surface area (Å²) in [6, 6.07) is 57.5. The summed E-state index contributed by atoms with van der Waals surface area (Å²) in [5.41, 5.74) is 7.02. The number of rotatable bonds is 4. The first kappa shape index (κ1) is 27.6. The standard InChI is InChI=1S/C45H29N3O/c1-2-12-29(13-3-1)43-46-44(33-22-21-28-11-4-5-14-30(28)25-33)48-45(47-43)38-19-10-20-40-42(38)37-24-23-32(27-41(37)49-40)39-26-31-15-6-7-16-34(31)35-17-8-9-18-36(35)39/h1-27,43H,(H,46,47,48). The van der Waals surface area contributed by atoms with E-state index in [1.165, 1.54) is 32.5 Å². The first-order chi connectivity index (χ1) is 24.3. The van der Waals surface area contributed by atoms with Gasteiger partial charge < -0.3 is 9.73 Å². The van der Waals surface area contributed by atoms with Gasteiger partial charge in [0.1, 0.15) is 23.2 Å². The maximum Gasteiger partial charge on any atom is 0.159 e. The molecule has 0 fully saturated rings. The number of furan rings is 1. The average molecular weight is 628 g/mol. The quantitative estimate of drug-likeness (QED) is 0.197. The third-order valence-corrected chi connectivity index (χ3v) is 9.70. The lowest BCUT2D eigenvalue weighted by Crippen LogP contribution is -2.33. The van der Waals surface area contributed by atoms with E-state index >= 15 is 0 Å². The molecule has 1 aliphatic heterocycles. The zero-order valence-corrected chi connectivity index (χ0v) is 26.5. The molecule has 0 amide bonds. The van der Waals surface area contributed by atoms with Crippen LogP contribution in [0.3, 0.4) is 0 Å². The Kier molecular flexibility index (Phi) is 6.21. The van der Waals surface area contributed by atoms with Gasteiger partial charge in [-0.05, 0) is 79.3 Å². The normalized spacial score (nSPS) is 14.7. The van der Waals surface area contributed by atoms with Gasteiger partial charge >= 0.3 is 0 Å². The van der Waals surface area contributed by atoms with E-state index in [9.17, 15) is 0 Å². The molecule has 2 heterocycles. The summed E-state index contributed by atoms with van der Waals surface area (Å²) in [6.07, 6.45) is -0.295. The number of aliphatic imine (C=N–C) groups is 2. The molecule has 0 radical (unpaired) electrons. The molecular formula is C45H29N3O. The van der Waals surface area contributed by atoms with Crippen LogP contribution in [0.1, 0.15) is 22.9 Å². The molecule has 1 atom stereocenters. The summed E-state index contributed by atoms with van der Waals surface area (Å²) in [7, 11) is 0. The van der Waals surface area contributed by atoms with Crippen molar-refractivity contribution in [2.75, 3.05) is 0 Å². The number of benzene rings is 8. The lowest BCUT2D eigenvalue weighted by molar-refractivity contribution is 0.668. The van der Waals surface area contributed by atoms with Crippen molar-refractivity contribution in [1.29, 1.82) is 0 Å². The smallest absolute Gasteiger partial charge is 0.159 e. The van der Waals surface area contributed by atoms with Gasteiger partial charge in [-0.2, -0.15) is 0 Å². The highest BCUT2D eigenvalue weighted by Gasteiger charge is 2.24. The van der Waals surface area contributed by atoms with E-state index in [2.05, 4.69) is 139 Å². The molecule has 8 aromatic carbocycles. The van der Waals surface area contributed by atoms with E-state index in [1.54, 1.807) is 0 Å². The Morgan fingerprint density at radius 2 is 1.20 bits per heavy atom. The minimum Gasteiger partial charge on any atom is -0.456 e. The second-order valence-electron chi connectivity index (χ2n) is 12.6. The number of amidine groups is 2. The molecule has 230 valence electrons. The molecule has 0 saturated heterocycles. The van der Waals surface area contributed by atoms with Gasteiger partial charge in [0.15, 0.2) is 5.84 Å². The van der Waals surface area contributed by atoms with E-state index in [1.807, 2.05) is 30.3 Å². The Morgan fingerprint density at radius 1 is 0.469 bits per heavy atom. The molecule has 0 spiro atoms. The average Bonchev–Trinajstić information content (AvgIpc) is 3.56. The number of hydrogen-bond acceptors (Lipinski definition) is 4. The Morgan fingerprint density at radius 3 is 2.08 bits per heavy atom. The minimum absolute atomic E-state index is 0.295. The van der Waals surface area contributed by atoms with Gasteiger partial charge in [0.05, 0.1) is 0 Å². The molecule has 9 aromatic rings. The van der Waals surface area contributed by atoms with Crippen LogP contribution in [0.4, 0.5) is 0 Å². The van der Waals surface area contributed by atoms with Gasteiger partial charge in [-0.15, -0.1) is 0 Å². The Labute approximate surface area is 282 Å². The maximum atomic E-state index is 6.60. The molecule has 1 unspecified atom stereocenters. The van der Waals surface area contributed by atoms with Crippen LogP contribution in [0.2, 0.25) is 0 Å². The van der Waals surface area contributed by atoms with E-state index < -0.39 is 0 Å². The van der Waals surface area contributed by atoms with Crippen molar-refractivity contribution in [2.24, 2.45) is 9.98 Å². The molecule has 1 N–H and O–H groups in total. The fraction of sp³-hybridized carbons (Fsp3) is 0.0222. The first-order valence-corrected chi connectivity index (χ1v) is 16.6. The second-order valence-corrected chi connectivity index (χ2v) is 12.6. The van der Waals surface area contributed by atoms with Crippen LogP contribution in [-0.2, 0) is 0 Å². The van der Waals surface area contributed by atoms with Crippen LogP contribution in [0.5, 0.6) is 0 Å². The molecule has 1 aromatic heterocycles. The number of nitrogens with zero attached hydrogens (tertiary/aromatic N) is 2. The summed E-state index contributed by atoms with van der Waals surface area (Å²) >= 11 is 0. The highest BCUT2D eigenvalue weighted by molar-refractivity contribution is 6.22. The molecule has 4 heteroatoms. The summed E-state index contributed by atoms with van der Waals surface area (Å²) in [6.45, 7) is 0. The van der Waals surface area contributed by atoms with E-state index in [4.69, 9.17) is 14.4 Å². The summed E-state index contributed by atoms with van der Waals surface area (Å²) < 4.78 is 6.60. The third-order valence-electron chi connectivity index (χ3n) is 9.70. The van der Waals surface area contributed by atoms with Crippen LogP contribution in [0.15, 0.2) is 178 Å². The summed E-state index contributed by atoms with van der Waals surface area (Å²) in [5.74, 6) is 1.47. The largest absolute Gasteiger partial charge is 0.456 e. The van der Waals surface area contributed by atoms with Gasteiger partial charge in [-0.25, -0.2) is 9.98 Å². The molecule has 0 saturated carbocycles. The Hall–Kier alpha value is -6.52. The van der Waals surface area contributed by atoms with Crippen molar-refractivity contribution in [1.82, 2.24) is 5.32 Å². The van der Waals surface area contributed by atoms with Crippen LogP contribution in [-0.4, -0.2) is 11.7 Å². The first-order valence-electron chi connectivity index (χ1n) is 16.6. The highest BCUT2D eigenvalue weighted by atomic mass is 16.3. The minimum atomic E-state index is -0.295. The molecule has 49 heavy (non-hydrogen) atoms. The molecule has 4 nitrogen and oxygen atoms in total. The van der Waals surface area contributed by atoms with Crippen LogP contribution in [0.25, 0.3) is 65.4 Å². The zero-order valence-electron chi connectivity index (χ0n) is 26.5. The van der Waals surface area contributed by atoms with Crippen molar-refractivity contribution in [3.8, 4) is 11.1 Å². The van der Waals surface area contributed by atoms with Crippen LogP contribution in [0, 0.1) is 0 Å². The third kappa shape index (κ3) is 4.61. The predicted molar refractivity (Wildman–Crippen MR) is 204 cm³/mol. The van der Waals surface area contributed by atoms with Crippen molar-refractivity contribution in [3.05, 3.63) is 180 Å². The predicted octanol–water partition coefficient (Wildman–Crippen LogP) is 11.2. The second kappa shape index (κ2) is 11.0. The van der Waals surface area contributed by atoms with E-state index in [0.717, 1.165) is 55.4 Å². The van der Waals surface area contributed by atoms with Crippen LogP contribution >= 0.6 is 0 Å². The number of hydrogen-bond donors (Lipinski definition) is 1. The Balaban J connectivity index is 1.13. The topological polar surface area (TPSA) is 49.9 Å². The van der Waals surface area contributed by atoms with Crippen molar-refractivity contribution < 1.29 is 4.42 Å². The summed E-state index contributed by atoms with van der Waals surface area (Å²) in [4.78, 5) is 10.3. The van der Waals surface area contributed by atoms with E-state index in [-0.39, 0.29) is 6.17 Å². The van der Waals surface area contributed by atoms with E-state index in [0.29, 0.717) is 5.84 Å². The zero-order chi connectivity index (χ0) is 32.3.